The van der Waals surface area contributed by atoms with E-state index in [4.69, 9.17) is 18.9 Å². The first-order valence-corrected chi connectivity index (χ1v) is 20.5. The molecule has 2 aromatic carbocycles. The van der Waals surface area contributed by atoms with Gasteiger partial charge in [-0.1, -0.05) is 25.0 Å². The number of fused-ring (bicyclic) bond motifs is 3. The second-order valence-corrected chi connectivity index (χ2v) is 18.0. The molecule has 3 aliphatic heterocycles. The summed E-state index contributed by atoms with van der Waals surface area (Å²) in [5.74, 6) is -1.36. The van der Waals surface area contributed by atoms with E-state index in [-0.39, 0.29) is 58.1 Å². The molecule has 302 valence electrons. The van der Waals surface area contributed by atoms with E-state index in [0.29, 0.717) is 55.3 Å². The zero-order valence-electron chi connectivity index (χ0n) is 32.2. The van der Waals surface area contributed by atoms with Crippen LogP contribution in [-0.2, 0) is 14.2 Å². The Balaban J connectivity index is 1.10. The molecular formula is C44H54O12. The molecule has 12 heteroatoms. The summed E-state index contributed by atoms with van der Waals surface area (Å²) in [6, 6.07) is 4.14. The molecule has 0 bridgehead atoms. The molecule has 56 heavy (non-hydrogen) atoms. The molecule has 10 atom stereocenters. The highest BCUT2D eigenvalue weighted by Gasteiger charge is 2.67. The topological polar surface area (TPSA) is 192 Å². The normalized spacial score (nSPS) is 37.0. The van der Waals surface area contributed by atoms with Crippen molar-refractivity contribution in [2.24, 2.45) is 34.5 Å². The molecule has 12 nitrogen and oxygen atoms in total. The minimum Gasteiger partial charge on any atom is -0.506 e. The van der Waals surface area contributed by atoms with Crippen molar-refractivity contribution >= 4 is 22.5 Å². The molecular weight excluding hydrogens is 720 g/mol. The Bertz CT molecular complexity index is 2010. The first kappa shape index (κ1) is 38.2. The number of aromatic carboxylic acids is 1. The van der Waals surface area contributed by atoms with Crippen LogP contribution in [0.15, 0.2) is 41.0 Å². The number of aliphatic hydroxyl groups excluding tert-OH is 4. The SMILES string of the molecule is CC(=O)c1c(C)cc2cc(C(=O)O)cc(O[C@@H]3O[C@H](CO)[C@]4(C[C@@H]5C6=C(CC=C6[C@]6(CCCO)COC[C@@H]7CC8(CCCC8)C[C@@H]5[C@@H]76)CO4)[C@H](O)[C@H]3O)c2c1O. The number of carboxylic acid groups (broad SMARTS) is 1. The number of carbonyl (C=O) groups is 2. The number of phenolic OH excluding ortho intramolecular Hbond substituents is 1. The molecule has 2 spiro atoms. The van der Waals surface area contributed by atoms with Crippen LogP contribution in [0.3, 0.4) is 0 Å². The molecule has 0 unspecified atom stereocenters. The predicted molar refractivity (Wildman–Crippen MR) is 202 cm³/mol. The molecule has 2 aromatic rings. The summed E-state index contributed by atoms with van der Waals surface area (Å²) in [6.07, 6.45) is 5.79. The molecule has 7 aliphatic rings. The molecule has 4 aliphatic carbocycles. The van der Waals surface area contributed by atoms with Gasteiger partial charge in [-0.3, -0.25) is 4.79 Å². The van der Waals surface area contributed by atoms with Gasteiger partial charge in [0.1, 0.15) is 35.4 Å². The van der Waals surface area contributed by atoms with Gasteiger partial charge in [0.05, 0.1) is 36.3 Å². The predicted octanol–water partition coefficient (Wildman–Crippen LogP) is 4.98. The number of allylic oxidation sites excluding steroid dienone is 2. The molecule has 5 fully saturated rings. The van der Waals surface area contributed by atoms with Crippen molar-refractivity contribution in [3.05, 3.63) is 57.7 Å². The maximum Gasteiger partial charge on any atom is 0.335 e. The Morgan fingerprint density at radius 1 is 1.05 bits per heavy atom. The molecule has 0 radical (unpaired) electrons. The number of carbonyl (C=O) groups excluding carboxylic acids is 1. The maximum absolute atomic E-state index is 12.6. The quantitative estimate of drug-likeness (QED) is 0.198. The van der Waals surface area contributed by atoms with E-state index < -0.39 is 54.3 Å². The number of phenols is 1. The van der Waals surface area contributed by atoms with Gasteiger partial charge in [-0.2, -0.15) is 0 Å². The summed E-state index contributed by atoms with van der Waals surface area (Å²) in [7, 11) is 0. The highest BCUT2D eigenvalue weighted by molar-refractivity contribution is 6.08. The number of hydrogen-bond donors (Lipinski definition) is 6. The fourth-order valence-electron chi connectivity index (χ4n) is 13.1. The van der Waals surface area contributed by atoms with Gasteiger partial charge in [0, 0.05) is 18.6 Å². The van der Waals surface area contributed by atoms with E-state index in [9.17, 15) is 40.2 Å². The lowest BCUT2D eigenvalue weighted by Crippen LogP contribution is -2.70. The number of aromatic hydroxyl groups is 1. The number of aryl methyl sites for hydroxylation is 1. The number of hydrogen-bond acceptors (Lipinski definition) is 11. The fraction of sp³-hybridized carbons (Fsp3) is 0.636. The van der Waals surface area contributed by atoms with Gasteiger partial charge in [-0.25, -0.2) is 4.79 Å². The minimum atomic E-state index is -1.71. The smallest absolute Gasteiger partial charge is 0.335 e. The number of carboxylic acids is 1. The average Bonchev–Trinajstić information content (AvgIpc) is 3.77. The van der Waals surface area contributed by atoms with Crippen molar-refractivity contribution < 1.29 is 59.2 Å². The molecule has 9 rings (SSSR count). The Morgan fingerprint density at radius 3 is 2.55 bits per heavy atom. The minimum absolute atomic E-state index is 0.0368. The van der Waals surface area contributed by atoms with Gasteiger partial charge in [0.25, 0.3) is 0 Å². The third kappa shape index (κ3) is 5.57. The van der Waals surface area contributed by atoms with Gasteiger partial charge >= 0.3 is 5.97 Å². The molecule has 0 amide bonds. The first-order valence-electron chi connectivity index (χ1n) is 20.5. The van der Waals surface area contributed by atoms with Gasteiger partial charge in [0.15, 0.2) is 5.78 Å². The average molecular weight is 775 g/mol. The van der Waals surface area contributed by atoms with Crippen LogP contribution >= 0.6 is 0 Å². The summed E-state index contributed by atoms with van der Waals surface area (Å²) < 4.78 is 25.9. The van der Waals surface area contributed by atoms with E-state index >= 15 is 0 Å². The zero-order valence-corrected chi connectivity index (χ0v) is 32.2. The van der Waals surface area contributed by atoms with E-state index in [1.807, 2.05) is 0 Å². The number of benzene rings is 2. The van der Waals surface area contributed by atoms with Gasteiger partial charge < -0.3 is 49.6 Å². The lowest BCUT2D eigenvalue weighted by molar-refractivity contribution is -0.326. The standard InChI is InChI=1S/C44H54O12/c1-22-12-25-13-26(40(51)52)14-31(35(25)37(48)33(22)23(2)47)55-41-38(49)39(50)44(32(18-46)56-41)17-28-29-16-42(8-3-4-9-42)15-27-19-53-21-43(36(27)29,10-5-11-45)30-7-6-24(20-54-44)34(28)30/h7,12-14,27-29,32,36,38-39,41,45-46,48-50H,3-6,8-11,15-21H2,1-2H3,(H,51,52)/t27-,28-,29-,32+,36+,38+,39+,41+,43-,44+/m0/s1. The van der Waals surface area contributed by atoms with Gasteiger partial charge in [-0.05, 0) is 134 Å². The number of ether oxygens (including phenoxy) is 4. The molecule has 3 heterocycles. The van der Waals surface area contributed by atoms with Crippen LogP contribution in [-0.4, -0.2) is 106 Å². The lowest BCUT2D eigenvalue weighted by Gasteiger charge is -2.64. The van der Waals surface area contributed by atoms with Crippen LogP contribution in [0, 0.1) is 41.4 Å². The summed E-state index contributed by atoms with van der Waals surface area (Å²) in [4.78, 5) is 24.8. The van der Waals surface area contributed by atoms with Crippen LogP contribution in [0.5, 0.6) is 11.5 Å². The third-order valence-corrected chi connectivity index (χ3v) is 15.1. The highest BCUT2D eigenvalue weighted by Crippen LogP contribution is 2.70. The molecule has 2 saturated heterocycles. The lowest BCUT2D eigenvalue weighted by atomic mass is 9.43. The van der Waals surface area contributed by atoms with Crippen molar-refractivity contribution in [3.8, 4) is 11.5 Å². The van der Waals surface area contributed by atoms with E-state index in [0.717, 1.165) is 24.8 Å². The van der Waals surface area contributed by atoms with Crippen LogP contribution in [0.25, 0.3) is 10.8 Å². The van der Waals surface area contributed by atoms with E-state index in [1.165, 1.54) is 55.9 Å². The van der Waals surface area contributed by atoms with Crippen LogP contribution in [0.4, 0.5) is 0 Å². The zero-order chi connectivity index (χ0) is 39.3. The first-order chi connectivity index (χ1) is 26.9. The number of ketones is 1. The van der Waals surface area contributed by atoms with Crippen molar-refractivity contribution in [2.45, 2.75) is 108 Å². The van der Waals surface area contributed by atoms with Crippen molar-refractivity contribution in [3.63, 3.8) is 0 Å². The fourth-order valence-corrected chi connectivity index (χ4v) is 13.1. The van der Waals surface area contributed by atoms with Crippen LogP contribution in [0.1, 0.15) is 97.4 Å². The second-order valence-electron chi connectivity index (χ2n) is 18.0. The number of rotatable bonds is 8. The summed E-state index contributed by atoms with van der Waals surface area (Å²) in [5.41, 5.74) is 2.49. The summed E-state index contributed by atoms with van der Waals surface area (Å²) in [6.45, 7) is 4.00. The van der Waals surface area contributed by atoms with Gasteiger partial charge in [0.2, 0.25) is 6.29 Å². The highest BCUT2D eigenvalue weighted by atomic mass is 16.7. The second kappa shape index (κ2) is 13.9. The van der Waals surface area contributed by atoms with Crippen LogP contribution in [0.2, 0.25) is 0 Å². The Labute approximate surface area is 326 Å². The van der Waals surface area contributed by atoms with E-state index in [1.54, 1.807) is 13.0 Å². The number of aliphatic hydroxyl groups is 4. The Kier molecular flexibility index (Phi) is 9.47. The monoisotopic (exact) mass is 774 g/mol. The largest absolute Gasteiger partial charge is 0.506 e. The Hall–Kier alpha value is -3.36. The van der Waals surface area contributed by atoms with E-state index in [2.05, 4.69) is 6.08 Å². The van der Waals surface area contributed by atoms with Crippen LogP contribution < -0.4 is 4.74 Å². The van der Waals surface area contributed by atoms with Crippen molar-refractivity contribution in [1.29, 1.82) is 0 Å². The van der Waals surface area contributed by atoms with Crippen molar-refractivity contribution in [2.75, 3.05) is 33.0 Å². The maximum atomic E-state index is 12.6. The molecule has 0 aromatic heterocycles. The third-order valence-electron chi connectivity index (χ3n) is 15.1. The summed E-state index contributed by atoms with van der Waals surface area (Å²) >= 11 is 0. The molecule has 6 N–H and O–H groups in total. The van der Waals surface area contributed by atoms with Crippen molar-refractivity contribution in [1.82, 2.24) is 0 Å². The van der Waals surface area contributed by atoms with Gasteiger partial charge in [-0.15, -0.1) is 0 Å². The Morgan fingerprint density at radius 2 is 1.84 bits per heavy atom. The molecule has 3 saturated carbocycles. The summed E-state index contributed by atoms with van der Waals surface area (Å²) in [5, 5.41) is 67.2. The number of Topliss-reactive ketones (excluding diaryl/α,β-unsaturated/α-hetero) is 1.